The second kappa shape index (κ2) is 8.06. The number of aliphatic hydroxyl groups is 1. The standard InChI is InChI=1S/C10H20N2O4/c1-7(3-4-13)5-11-6-9(10(15)16)12-8(2)14/h7,9,11,13H,3-6H2,1-2H3,(H,12,14)(H,15,16). The third-order valence-corrected chi connectivity index (χ3v) is 2.14. The van der Waals surface area contributed by atoms with Gasteiger partial charge in [0.05, 0.1) is 0 Å². The van der Waals surface area contributed by atoms with Crippen LogP contribution in [-0.4, -0.2) is 47.8 Å². The van der Waals surface area contributed by atoms with Crippen molar-refractivity contribution in [1.29, 1.82) is 0 Å². The molecule has 0 saturated heterocycles. The molecule has 6 nitrogen and oxygen atoms in total. The third-order valence-electron chi connectivity index (χ3n) is 2.14. The molecule has 4 N–H and O–H groups in total. The van der Waals surface area contributed by atoms with Crippen molar-refractivity contribution in [2.45, 2.75) is 26.3 Å². The van der Waals surface area contributed by atoms with Crippen LogP contribution in [0, 0.1) is 5.92 Å². The van der Waals surface area contributed by atoms with Crippen molar-refractivity contribution < 1.29 is 19.8 Å². The minimum atomic E-state index is -1.06. The highest BCUT2D eigenvalue weighted by Gasteiger charge is 2.17. The summed E-state index contributed by atoms with van der Waals surface area (Å²) in [6, 6.07) is -0.904. The normalized spacial score (nSPS) is 14.2. The van der Waals surface area contributed by atoms with Gasteiger partial charge in [-0.2, -0.15) is 0 Å². The molecule has 2 unspecified atom stereocenters. The van der Waals surface area contributed by atoms with Crippen LogP contribution in [0.3, 0.4) is 0 Å². The summed E-state index contributed by atoms with van der Waals surface area (Å²) in [4.78, 5) is 21.5. The lowest BCUT2D eigenvalue weighted by Crippen LogP contribution is -2.47. The van der Waals surface area contributed by atoms with Crippen LogP contribution >= 0.6 is 0 Å². The monoisotopic (exact) mass is 232 g/mol. The van der Waals surface area contributed by atoms with Crippen LogP contribution in [0.5, 0.6) is 0 Å². The zero-order valence-corrected chi connectivity index (χ0v) is 9.69. The van der Waals surface area contributed by atoms with Gasteiger partial charge in [0.15, 0.2) is 0 Å². The Morgan fingerprint density at radius 3 is 2.38 bits per heavy atom. The number of carbonyl (C=O) groups excluding carboxylic acids is 1. The van der Waals surface area contributed by atoms with Gasteiger partial charge in [0.25, 0.3) is 0 Å². The first-order valence-corrected chi connectivity index (χ1v) is 5.28. The van der Waals surface area contributed by atoms with Crippen LogP contribution in [0.15, 0.2) is 0 Å². The van der Waals surface area contributed by atoms with Crippen molar-refractivity contribution in [3.8, 4) is 0 Å². The van der Waals surface area contributed by atoms with Gasteiger partial charge in [0.1, 0.15) is 6.04 Å². The number of rotatable bonds is 8. The first-order valence-electron chi connectivity index (χ1n) is 5.28. The van der Waals surface area contributed by atoms with Gasteiger partial charge in [-0.3, -0.25) is 4.79 Å². The number of amides is 1. The number of hydrogen-bond acceptors (Lipinski definition) is 4. The fourth-order valence-electron chi connectivity index (χ4n) is 1.24. The molecule has 6 heteroatoms. The van der Waals surface area contributed by atoms with Crippen LogP contribution in [0.1, 0.15) is 20.3 Å². The molecule has 0 saturated carbocycles. The molecule has 0 radical (unpaired) electrons. The minimum absolute atomic E-state index is 0.122. The number of aliphatic carboxylic acids is 1. The molecule has 0 aromatic heterocycles. The molecule has 94 valence electrons. The zero-order chi connectivity index (χ0) is 12.6. The molecule has 0 fully saturated rings. The lowest BCUT2D eigenvalue weighted by Gasteiger charge is -2.16. The van der Waals surface area contributed by atoms with E-state index in [4.69, 9.17) is 10.2 Å². The topological polar surface area (TPSA) is 98.7 Å². The minimum Gasteiger partial charge on any atom is -0.480 e. The van der Waals surface area contributed by atoms with Crippen molar-refractivity contribution >= 4 is 11.9 Å². The van der Waals surface area contributed by atoms with E-state index in [1.807, 2.05) is 6.92 Å². The summed E-state index contributed by atoms with van der Waals surface area (Å²) in [5.41, 5.74) is 0. The Bertz CT molecular complexity index is 233. The van der Waals surface area contributed by atoms with Gasteiger partial charge in [-0.05, 0) is 18.9 Å². The summed E-state index contributed by atoms with van der Waals surface area (Å²) < 4.78 is 0. The largest absolute Gasteiger partial charge is 0.480 e. The number of carbonyl (C=O) groups is 2. The maximum Gasteiger partial charge on any atom is 0.327 e. The summed E-state index contributed by atoms with van der Waals surface area (Å²) in [6.07, 6.45) is 0.672. The van der Waals surface area contributed by atoms with E-state index in [0.29, 0.717) is 13.0 Å². The number of carboxylic acid groups (broad SMARTS) is 1. The molecule has 2 atom stereocenters. The summed E-state index contributed by atoms with van der Waals surface area (Å²) in [5, 5.41) is 22.8. The maximum absolute atomic E-state index is 10.7. The van der Waals surface area contributed by atoms with Crippen LogP contribution in [0.25, 0.3) is 0 Å². The molecule has 0 spiro atoms. The molecule has 1 amide bonds. The summed E-state index contributed by atoms with van der Waals surface area (Å²) in [6.45, 7) is 4.16. The molecule has 0 aromatic carbocycles. The first-order chi connectivity index (χ1) is 7.47. The van der Waals surface area contributed by atoms with E-state index in [0.717, 1.165) is 0 Å². The number of hydrogen-bond donors (Lipinski definition) is 4. The van der Waals surface area contributed by atoms with Gasteiger partial charge < -0.3 is 20.8 Å². The lowest BCUT2D eigenvalue weighted by molar-refractivity contribution is -0.141. The van der Waals surface area contributed by atoms with E-state index in [2.05, 4.69) is 10.6 Å². The van der Waals surface area contributed by atoms with E-state index in [9.17, 15) is 9.59 Å². The SMILES string of the molecule is CC(=O)NC(CNCC(C)CCO)C(=O)O. The lowest BCUT2D eigenvalue weighted by atomic mass is 10.1. The van der Waals surface area contributed by atoms with Gasteiger partial charge in [-0.1, -0.05) is 6.92 Å². The second-order valence-corrected chi connectivity index (χ2v) is 3.87. The van der Waals surface area contributed by atoms with Gasteiger partial charge in [-0.15, -0.1) is 0 Å². The third kappa shape index (κ3) is 7.19. The van der Waals surface area contributed by atoms with Crippen molar-refractivity contribution in [1.82, 2.24) is 10.6 Å². The molecule has 0 bridgehead atoms. The molecule has 0 aliphatic heterocycles. The van der Waals surface area contributed by atoms with E-state index < -0.39 is 12.0 Å². The predicted octanol–water partition coefficient (Wildman–Crippen LogP) is -0.816. The Kier molecular flexibility index (Phi) is 7.49. The highest BCUT2D eigenvalue weighted by molar-refractivity contribution is 5.82. The molecular weight excluding hydrogens is 212 g/mol. The molecule has 0 aliphatic carbocycles. The van der Waals surface area contributed by atoms with Crippen LogP contribution < -0.4 is 10.6 Å². The summed E-state index contributed by atoms with van der Waals surface area (Å²) in [5.74, 6) is -1.15. The zero-order valence-electron chi connectivity index (χ0n) is 9.69. The van der Waals surface area contributed by atoms with Crippen molar-refractivity contribution in [3.63, 3.8) is 0 Å². The Morgan fingerprint density at radius 2 is 1.94 bits per heavy atom. The first kappa shape index (κ1) is 14.9. The van der Waals surface area contributed by atoms with E-state index in [-0.39, 0.29) is 25.0 Å². The number of nitrogens with one attached hydrogen (secondary N) is 2. The van der Waals surface area contributed by atoms with Gasteiger partial charge in [0.2, 0.25) is 5.91 Å². The quantitative estimate of drug-likeness (QED) is 0.438. The highest BCUT2D eigenvalue weighted by Crippen LogP contribution is 1.97. The summed E-state index contributed by atoms with van der Waals surface area (Å²) in [7, 11) is 0. The van der Waals surface area contributed by atoms with E-state index in [1.165, 1.54) is 6.92 Å². The Labute approximate surface area is 95.0 Å². The van der Waals surface area contributed by atoms with Crippen molar-refractivity contribution in [3.05, 3.63) is 0 Å². The number of aliphatic hydroxyl groups excluding tert-OH is 1. The molecule has 0 aromatic rings. The second-order valence-electron chi connectivity index (χ2n) is 3.87. The molecule has 0 heterocycles. The van der Waals surface area contributed by atoms with Crippen molar-refractivity contribution in [2.75, 3.05) is 19.7 Å². The summed E-state index contributed by atoms with van der Waals surface area (Å²) >= 11 is 0. The predicted molar refractivity (Wildman–Crippen MR) is 59.0 cm³/mol. The highest BCUT2D eigenvalue weighted by atomic mass is 16.4. The smallest absolute Gasteiger partial charge is 0.327 e. The molecular formula is C10H20N2O4. The van der Waals surface area contributed by atoms with Gasteiger partial charge >= 0.3 is 5.97 Å². The number of carboxylic acids is 1. The van der Waals surface area contributed by atoms with E-state index in [1.54, 1.807) is 0 Å². The average molecular weight is 232 g/mol. The van der Waals surface area contributed by atoms with Gasteiger partial charge in [0, 0.05) is 20.1 Å². The van der Waals surface area contributed by atoms with Gasteiger partial charge in [-0.25, -0.2) is 4.79 Å². The Morgan fingerprint density at radius 1 is 1.31 bits per heavy atom. The maximum atomic E-state index is 10.7. The van der Waals surface area contributed by atoms with Crippen molar-refractivity contribution in [2.24, 2.45) is 5.92 Å². The van der Waals surface area contributed by atoms with Crippen LogP contribution in [-0.2, 0) is 9.59 Å². The Balaban J connectivity index is 3.84. The van der Waals surface area contributed by atoms with Crippen LogP contribution in [0.2, 0.25) is 0 Å². The van der Waals surface area contributed by atoms with Crippen LogP contribution in [0.4, 0.5) is 0 Å². The fraction of sp³-hybridized carbons (Fsp3) is 0.800. The average Bonchev–Trinajstić information content (AvgIpc) is 2.15. The fourth-order valence-corrected chi connectivity index (χ4v) is 1.24. The molecule has 0 aliphatic rings. The Hall–Kier alpha value is -1.14. The molecule has 16 heavy (non-hydrogen) atoms. The van der Waals surface area contributed by atoms with E-state index >= 15 is 0 Å². The molecule has 0 rings (SSSR count).